The summed E-state index contributed by atoms with van der Waals surface area (Å²) in [4.78, 5) is 14.7. The van der Waals surface area contributed by atoms with E-state index in [-0.39, 0.29) is 11.9 Å². The first-order valence-electron chi connectivity index (χ1n) is 8.03. The topological polar surface area (TPSA) is 41.6 Å². The van der Waals surface area contributed by atoms with Gasteiger partial charge in [-0.25, -0.2) is 0 Å². The Bertz CT molecular complexity index is 543. The fourth-order valence-corrected chi connectivity index (χ4v) is 3.01. The number of carbonyl (C=O) groups excluding carboxylic acids is 1. The number of nitrogens with zero attached hydrogens (tertiary/aromatic N) is 1. The summed E-state index contributed by atoms with van der Waals surface area (Å²) in [7, 11) is 0. The van der Waals surface area contributed by atoms with Gasteiger partial charge in [0.15, 0.2) is 6.10 Å². The highest BCUT2D eigenvalue weighted by atomic mass is 35.5. The molecule has 128 valence electrons. The van der Waals surface area contributed by atoms with E-state index < -0.39 is 6.10 Å². The number of piperidine rings is 1. The monoisotopic (exact) mass is 358 g/mol. The Labute approximate surface area is 148 Å². The summed E-state index contributed by atoms with van der Waals surface area (Å²) in [5.41, 5.74) is 0. The van der Waals surface area contributed by atoms with Crippen molar-refractivity contribution in [2.75, 3.05) is 13.1 Å². The second-order valence-corrected chi connectivity index (χ2v) is 7.09. The molecule has 0 saturated carbocycles. The fourth-order valence-electron chi connectivity index (χ4n) is 2.69. The summed E-state index contributed by atoms with van der Waals surface area (Å²) >= 11 is 12.0. The van der Waals surface area contributed by atoms with Crippen molar-refractivity contribution in [1.29, 1.82) is 0 Å². The van der Waals surface area contributed by atoms with Crippen LogP contribution in [0.5, 0.6) is 5.75 Å². The van der Waals surface area contributed by atoms with Crippen LogP contribution in [0.2, 0.25) is 10.0 Å². The maximum Gasteiger partial charge on any atom is 0.260 e. The van der Waals surface area contributed by atoms with Crippen LogP contribution in [0, 0.1) is 0 Å². The number of halogens is 2. The average molecular weight is 359 g/mol. The molecule has 1 unspecified atom stereocenters. The number of amides is 1. The van der Waals surface area contributed by atoms with Crippen LogP contribution in [0.4, 0.5) is 0 Å². The highest BCUT2D eigenvalue weighted by Crippen LogP contribution is 2.28. The molecule has 4 nitrogen and oxygen atoms in total. The molecule has 0 aromatic heterocycles. The lowest BCUT2D eigenvalue weighted by Gasteiger charge is -2.35. The van der Waals surface area contributed by atoms with E-state index in [0.717, 1.165) is 25.9 Å². The summed E-state index contributed by atoms with van der Waals surface area (Å²) in [5, 5.41) is 4.04. The third-order valence-electron chi connectivity index (χ3n) is 4.17. The van der Waals surface area contributed by atoms with Gasteiger partial charge in [0.25, 0.3) is 5.91 Å². The lowest BCUT2D eigenvalue weighted by atomic mass is 10.0. The van der Waals surface area contributed by atoms with E-state index in [1.807, 2.05) is 0 Å². The van der Waals surface area contributed by atoms with Crippen LogP contribution in [0.15, 0.2) is 18.2 Å². The normalized spacial score (nSPS) is 18.0. The number of nitrogens with one attached hydrogen (secondary N) is 1. The molecular weight excluding hydrogens is 335 g/mol. The van der Waals surface area contributed by atoms with Crippen molar-refractivity contribution in [3.63, 3.8) is 0 Å². The van der Waals surface area contributed by atoms with Crippen molar-refractivity contribution in [2.24, 2.45) is 0 Å². The number of ether oxygens (including phenoxy) is 1. The van der Waals surface area contributed by atoms with Crippen molar-refractivity contribution in [3.8, 4) is 5.75 Å². The van der Waals surface area contributed by atoms with Crippen LogP contribution in [0.3, 0.4) is 0 Å². The zero-order valence-corrected chi connectivity index (χ0v) is 15.3. The van der Waals surface area contributed by atoms with E-state index in [2.05, 4.69) is 24.1 Å². The van der Waals surface area contributed by atoms with Gasteiger partial charge in [0.05, 0.1) is 5.02 Å². The Hall–Kier alpha value is -0.970. The van der Waals surface area contributed by atoms with Crippen molar-refractivity contribution in [1.82, 2.24) is 10.2 Å². The summed E-state index contributed by atoms with van der Waals surface area (Å²) in [5.74, 6) is 0.306. The molecule has 1 heterocycles. The lowest BCUT2D eigenvalue weighted by Crippen LogP contribution is -2.49. The van der Waals surface area contributed by atoms with Gasteiger partial charge < -0.3 is 15.0 Å². The minimum Gasteiger partial charge on any atom is -0.479 e. The van der Waals surface area contributed by atoms with Gasteiger partial charge in [-0.1, -0.05) is 23.2 Å². The van der Waals surface area contributed by atoms with Gasteiger partial charge >= 0.3 is 0 Å². The first-order valence-corrected chi connectivity index (χ1v) is 8.78. The standard InChI is InChI=1S/C17H24Cl2N2O2/c1-11(2)21-8-6-14(7-9-21)20-17(22)12(3)23-16-10-13(18)4-5-15(16)19/h4-5,10-12,14H,6-9H2,1-3H3,(H,20,22). The molecule has 1 aromatic carbocycles. The molecular formula is C17H24Cl2N2O2. The van der Waals surface area contributed by atoms with Crippen molar-refractivity contribution >= 4 is 29.1 Å². The van der Waals surface area contributed by atoms with E-state index in [4.69, 9.17) is 27.9 Å². The molecule has 0 bridgehead atoms. The highest BCUT2D eigenvalue weighted by molar-refractivity contribution is 6.34. The van der Waals surface area contributed by atoms with Crippen LogP contribution in [-0.4, -0.2) is 42.1 Å². The van der Waals surface area contributed by atoms with E-state index in [1.54, 1.807) is 25.1 Å². The second kappa shape index (κ2) is 8.22. The first-order chi connectivity index (χ1) is 10.9. The van der Waals surface area contributed by atoms with E-state index in [0.29, 0.717) is 21.8 Å². The van der Waals surface area contributed by atoms with Crippen molar-refractivity contribution < 1.29 is 9.53 Å². The zero-order chi connectivity index (χ0) is 17.0. The van der Waals surface area contributed by atoms with Gasteiger partial charge in [0.1, 0.15) is 5.75 Å². The molecule has 6 heteroatoms. The first kappa shape index (κ1) is 18.4. The van der Waals surface area contributed by atoms with Gasteiger partial charge in [-0.2, -0.15) is 0 Å². The molecule has 1 aliphatic heterocycles. The Balaban J connectivity index is 1.85. The molecule has 2 rings (SSSR count). The van der Waals surface area contributed by atoms with Crippen LogP contribution in [0.25, 0.3) is 0 Å². The highest BCUT2D eigenvalue weighted by Gasteiger charge is 2.24. The van der Waals surface area contributed by atoms with Gasteiger partial charge in [-0.05, 0) is 45.7 Å². The quantitative estimate of drug-likeness (QED) is 0.871. The lowest BCUT2D eigenvalue weighted by molar-refractivity contribution is -0.128. The second-order valence-electron chi connectivity index (χ2n) is 6.25. The molecule has 1 aromatic rings. The number of hydrogen-bond donors (Lipinski definition) is 1. The van der Waals surface area contributed by atoms with Crippen molar-refractivity contribution in [2.45, 2.75) is 51.8 Å². The number of hydrogen-bond acceptors (Lipinski definition) is 3. The number of rotatable bonds is 5. The predicted molar refractivity (Wildman–Crippen MR) is 94.4 cm³/mol. The van der Waals surface area contributed by atoms with Crippen LogP contribution < -0.4 is 10.1 Å². The van der Waals surface area contributed by atoms with E-state index in [1.165, 1.54) is 0 Å². The summed E-state index contributed by atoms with van der Waals surface area (Å²) in [6.45, 7) is 8.14. The largest absolute Gasteiger partial charge is 0.479 e. The molecule has 1 amide bonds. The van der Waals surface area contributed by atoms with Crippen LogP contribution in [-0.2, 0) is 4.79 Å². The van der Waals surface area contributed by atoms with Gasteiger partial charge in [0, 0.05) is 36.3 Å². The van der Waals surface area contributed by atoms with Gasteiger partial charge in [-0.15, -0.1) is 0 Å². The van der Waals surface area contributed by atoms with E-state index >= 15 is 0 Å². The molecule has 1 aliphatic rings. The number of likely N-dealkylation sites (tertiary alicyclic amines) is 1. The minimum absolute atomic E-state index is 0.121. The zero-order valence-electron chi connectivity index (χ0n) is 13.8. The third-order valence-corrected chi connectivity index (χ3v) is 4.72. The van der Waals surface area contributed by atoms with Crippen LogP contribution in [0.1, 0.15) is 33.6 Å². The van der Waals surface area contributed by atoms with Gasteiger partial charge in [-0.3, -0.25) is 4.79 Å². The van der Waals surface area contributed by atoms with Gasteiger partial charge in [0.2, 0.25) is 0 Å². The Morgan fingerprint density at radius 3 is 2.52 bits per heavy atom. The van der Waals surface area contributed by atoms with E-state index in [9.17, 15) is 4.79 Å². The molecule has 1 N–H and O–H groups in total. The predicted octanol–water partition coefficient (Wildman–Crippen LogP) is 3.75. The SMILES string of the molecule is CC(Oc1cc(Cl)ccc1Cl)C(=O)NC1CCN(C(C)C)CC1. The molecule has 0 spiro atoms. The number of benzene rings is 1. The van der Waals surface area contributed by atoms with Crippen LogP contribution >= 0.6 is 23.2 Å². The molecule has 23 heavy (non-hydrogen) atoms. The minimum atomic E-state index is -0.617. The maximum atomic E-state index is 12.3. The molecule has 1 saturated heterocycles. The number of carbonyl (C=O) groups is 1. The molecule has 0 aliphatic carbocycles. The maximum absolute atomic E-state index is 12.3. The average Bonchev–Trinajstić information content (AvgIpc) is 2.51. The fraction of sp³-hybridized carbons (Fsp3) is 0.588. The Morgan fingerprint density at radius 2 is 1.91 bits per heavy atom. The third kappa shape index (κ3) is 5.27. The molecule has 0 radical (unpaired) electrons. The van der Waals surface area contributed by atoms with Crippen molar-refractivity contribution in [3.05, 3.63) is 28.2 Å². The summed E-state index contributed by atoms with van der Waals surface area (Å²) in [6.07, 6.45) is 1.32. The smallest absolute Gasteiger partial charge is 0.260 e. The summed E-state index contributed by atoms with van der Waals surface area (Å²) in [6, 6.07) is 5.72. The Morgan fingerprint density at radius 1 is 1.26 bits per heavy atom. The molecule has 1 fully saturated rings. The molecule has 1 atom stereocenters. The Kier molecular flexibility index (Phi) is 6.57. The summed E-state index contributed by atoms with van der Waals surface area (Å²) < 4.78 is 5.65.